The lowest BCUT2D eigenvalue weighted by atomic mass is 9.89. The summed E-state index contributed by atoms with van der Waals surface area (Å²) in [5.41, 5.74) is 0.250. The first kappa shape index (κ1) is 5.67. The van der Waals surface area contributed by atoms with Crippen LogP contribution >= 0.6 is 0 Å². The van der Waals surface area contributed by atoms with Gasteiger partial charge in [-0.1, -0.05) is 13.8 Å². The molecule has 1 unspecified atom stereocenters. The maximum absolute atomic E-state index is 5.19. The summed E-state index contributed by atoms with van der Waals surface area (Å²) in [7, 11) is 0. The number of hydrogen-bond acceptors (Lipinski definition) is 1. The molecule has 0 bridgehead atoms. The molecule has 1 aliphatic heterocycles. The van der Waals surface area contributed by atoms with E-state index in [1.165, 1.54) is 0 Å². The highest BCUT2D eigenvalue weighted by Crippen LogP contribution is 2.29. The second-order valence-corrected chi connectivity index (χ2v) is 2.90. The molecule has 8 heavy (non-hydrogen) atoms. The van der Waals surface area contributed by atoms with E-state index < -0.39 is 0 Å². The Balaban J connectivity index is 2.67. The summed E-state index contributed by atoms with van der Waals surface area (Å²) in [6.07, 6.45) is 4.23. The van der Waals surface area contributed by atoms with Gasteiger partial charge in [0, 0.05) is 5.41 Å². The predicted octanol–water partition coefficient (Wildman–Crippen LogP) is 1.95. The normalized spacial score (nSPS) is 32.6. The molecule has 1 atom stereocenters. The van der Waals surface area contributed by atoms with Crippen LogP contribution in [-0.4, -0.2) is 6.10 Å². The highest BCUT2D eigenvalue weighted by atomic mass is 16.5. The first-order valence-corrected chi connectivity index (χ1v) is 2.96. The first-order chi connectivity index (χ1) is 3.63. The monoisotopic (exact) mass is 112 g/mol. The van der Waals surface area contributed by atoms with Crippen LogP contribution < -0.4 is 0 Å². The molecule has 0 aromatic heterocycles. The molecule has 0 saturated heterocycles. The van der Waals surface area contributed by atoms with Crippen molar-refractivity contribution in [2.75, 3.05) is 0 Å². The summed E-state index contributed by atoms with van der Waals surface area (Å²) in [5.74, 6) is 0. The highest BCUT2D eigenvalue weighted by molar-refractivity contribution is 5.00. The maximum atomic E-state index is 5.19. The molecule has 46 valence electrons. The fourth-order valence-electron chi connectivity index (χ4n) is 0.643. The molecule has 0 fully saturated rings. The van der Waals surface area contributed by atoms with E-state index in [9.17, 15) is 0 Å². The van der Waals surface area contributed by atoms with Crippen LogP contribution in [0, 0.1) is 5.41 Å². The Morgan fingerprint density at radius 3 is 2.25 bits per heavy atom. The van der Waals surface area contributed by atoms with Crippen LogP contribution in [0.4, 0.5) is 0 Å². The van der Waals surface area contributed by atoms with Gasteiger partial charge >= 0.3 is 0 Å². The van der Waals surface area contributed by atoms with Gasteiger partial charge in [0.05, 0.1) is 6.26 Å². The van der Waals surface area contributed by atoms with E-state index in [1.807, 2.05) is 0 Å². The lowest BCUT2D eigenvalue weighted by Gasteiger charge is -2.19. The van der Waals surface area contributed by atoms with E-state index >= 15 is 0 Å². The summed E-state index contributed by atoms with van der Waals surface area (Å²) in [4.78, 5) is 0. The van der Waals surface area contributed by atoms with E-state index in [0.29, 0.717) is 6.10 Å². The minimum absolute atomic E-state index is 0.250. The van der Waals surface area contributed by atoms with Crippen LogP contribution in [0.25, 0.3) is 0 Å². The molecule has 0 saturated carbocycles. The average molecular weight is 112 g/mol. The van der Waals surface area contributed by atoms with Crippen molar-refractivity contribution in [3.8, 4) is 0 Å². The standard InChI is InChI=1S/C7H12O/c1-6-7(2,3)4-5-8-6/h4-6H,1-3H3. The molecule has 0 radical (unpaired) electrons. The van der Waals surface area contributed by atoms with Crippen molar-refractivity contribution in [1.82, 2.24) is 0 Å². The van der Waals surface area contributed by atoms with Gasteiger partial charge in [-0.2, -0.15) is 0 Å². The zero-order valence-electron chi connectivity index (χ0n) is 5.64. The second kappa shape index (κ2) is 1.51. The van der Waals surface area contributed by atoms with Crippen molar-refractivity contribution in [3.05, 3.63) is 12.3 Å². The number of hydrogen-bond donors (Lipinski definition) is 0. The Labute approximate surface area is 50.3 Å². The average Bonchev–Trinajstić information content (AvgIpc) is 1.86. The highest BCUT2D eigenvalue weighted by Gasteiger charge is 2.27. The zero-order valence-corrected chi connectivity index (χ0v) is 5.64. The van der Waals surface area contributed by atoms with E-state index in [-0.39, 0.29) is 5.41 Å². The van der Waals surface area contributed by atoms with Gasteiger partial charge in [0.2, 0.25) is 0 Å². The third kappa shape index (κ3) is 0.726. The molecule has 1 nitrogen and oxygen atoms in total. The van der Waals surface area contributed by atoms with Crippen LogP contribution in [0.2, 0.25) is 0 Å². The van der Waals surface area contributed by atoms with Crippen molar-refractivity contribution in [3.63, 3.8) is 0 Å². The van der Waals surface area contributed by atoms with Gasteiger partial charge < -0.3 is 4.74 Å². The SMILES string of the molecule is CC1OC=CC1(C)C. The van der Waals surface area contributed by atoms with Crippen LogP contribution in [0.3, 0.4) is 0 Å². The van der Waals surface area contributed by atoms with Crippen LogP contribution in [0.5, 0.6) is 0 Å². The minimum Gasteiger partial charge on any atom is -0.498 e. The summed E-state index contributed by atoms with van der Waals surface area (Å²) < 4.78 is 5.19. The summed E-state index contributed by atoms with van der Waals surface area (Å²) in [6, 6.07) is 0. The van der Waals surface area contributed by atoms with Crippen molar-refractivity contribution in [2.24, 2.45) is 5.41 Å². The minimum atomic E-state index is 0.250. The molecule has 1 aliphatic rings. The predicted molar refractivity (Wildman–Crippen MR) is 33.5 cm³/mol. The van der Waals surface area contributed by atoms with Gasteiger partial charge in [-0.25, -0.2) is 0 Å². The van der Waals surface area contributed by atoms with Gasteiger partial charge in [0.15, 0.2) is 0 Å². The van der Waals surface area contributed by atoms with E-state index in [4.69, 9.17) is 4.74 Å². The Kier molecular flexibility index (Phi) is 1.07. The Morgan fingerprint density at radius 1 is 1.50 bits per heavy atom. The number of ether oxygens (including phenoxy) is 1. The topological polar surface area (TPSA) is 9.23 Å². The molecule has 1 rings (SSSR count). The fraction of sp³-hybridized carbons (Fsp3) is 0.714. The molecule has 0 aromatic rings. The lowest BCUT2D eigenvalue weighted by Crippen LogP contribution is -2.20. The van der Waals surface area contributed by atoms with Crippen LogP contribution in [0.15, 0.2) is 12.3 Å². The molecule has 0 aliphatic carbocycles. The van der Waals surface area contributed by atoms with Crippen molar-refractivity contribution < 1.29 is 4.74 Å². The molecule has 0 amide bonds. The summed E-state index contributed by atoms with van der Waals surface area (Å²) in [6.45, 7) is 6.42. The van der Waals surface area contributed by atoms with E-state index in [0.717, 1.165) is 0 Å². The number of rotatable bonds is 0. The molecule has 0 spiro atoms. The van der Waals surface area contributed by atoms with Crippen molar-refractivity contribution in [1.29, 1.82) is 0 Å². The second-order valence-electron chi connectivity index (χ2n) is 2.90. The zero-order chi connectivity index (χ0) is 6.20. The Hall–Kier alpha value is -0.460. The van der Waals surface area contributed by atoms with Gasteiger partial charge in [0.25, 0.3) is 0 Å². The van der Waals surface area contributed by atoms with Gasteiger partial charge in [0.1, 0.15) is 6.10 Å². The fourth-order valence-corrected chi connectivity index (χ4v) is 0.643. The largest absolute Gasteiger partial charge is 0.498 e. The van der Waals surface area contributed by atoms with Crippen LogP contribution in [-0.2, 0) is 4.74 Å². The summed E-state index contributed by atoms with van der Waals surface area (Å²) in [5, 5.41) is 0. The molecule has 1 heteroatoms. The third-order valence-corrected chi connectivity index (χ3v) is 1.83. The Bertz CT molecular complexity index is 114. The first-order valence-electron chi connectivity index (χ1n) is 2.96. The van der Waals surface area contributed by atoms with Crippen molar-refractivity contribution >= 4 is 0 Å². The Morgan fingerprint density at radius 2 is 2.12 bits per heavy atom. The molecule has 0 N–H and O–H groups in total. The van der Waals surface area contributed by atoms with Crippen LogP contribution in [0.1, 0.15) is 20.8 Å². The van der Waals surface area contributed by atoms with Gasteiger partial charge in [-0.15, -0.1) is 0 Å². The van der Waals surface area contributed by atoms with Crippen molar-refractivity contribution in [2.45, 2.75) is 26.9 Å². The van der Waals surface area contributed by atoms with Gasteiger partial charge in [-0.3, -0.25) is 0 Å². The smallest absolute Gasteiger partial charge is 0.104 e. The van der Waals surface area contributed by atoms with E-state index in [1.54, 1.807) is 6.26 Å². The molecule has 1 heterocycles. The third-order valence-electron chi connectivity index (χ3n) is 1.83. The summed E-state index contributed by atoms with van der Waals surface area (Å²) >= 11 is 0. The quantitative estimate of drug-likeness (QED) is 0.465. The van der Waals surface area contributed by atoms with E-state index in [2.05, 4.69) is 26.8 Å². The molecular formula is C7H12O. The lowest BCUT2D eigenvalue weighted by molar-refractivity contribution is 0.113. The molecule has 0 aromatic carbocycles. The van der Waals surface area contributed by atoms with Gasteiger partial charge in [-0.05, 0) is 13.0 Å². The molecular weight excluding hydrogens is 100 g/mol. The maximum Gasteiger partial charge on any atom is 0.104 e.